The van der Waals surface area contributed by atoms with Gasteiger partial charge in [0.15, 0.2) is 0 Å². The fraction of sp³-hybridized carbons (Fsp3) is 0.167. The lowest BCUT2D eigenvalue weighted by atomic mass is 10.1. The number of rotatable bonds is 6. The van der Waals surface area contributed by atoms with Crippen molar-refractivity contribution < 1.29 is 13.9 Å². The molecule has 0 saturated carbocycles. The van der Waals surface area contributed by atoms with Crippen LogP contribution in [0, 0.1) is 5.82 Å². The Hall–Kier alpha value is -2.62. The molecule has 2 rings (SSSR count). The minimum absolute atomic E-state index is 0.125. The lowest BCUT2D eigenvalue weighted by Crippen LogP contribution is -2.26. The van der Waals surface area contributed by atoms with Gasteiger partial charge in [-0.2, -0.15) is 0 Å². The van der Waals surface area contributed by atoms with Crippen LogP contribution in [0.2, 0.25) is 0 Å². The summed E-state index contributed by atoms with van der Waals surface area (Å²) in [7, 11) is 1.69. The fourth-order valence-corrected chi connectivity index (χ4v) is 2.05. The first-order chi connectivity index (χ1) is 10.6. The van der Waals surface area contributed by atoms with Crippen LogP contribution in [-0.4, -0.2) is 24.5 Å². The molecule has 0 bridgehead atoms. The molecule has 0 fully saturated rings. The van der Waals surface area contributed by atoms with Crippen molar-refractivity contribution in [3.8, 4) is 5.75 Å². The first kappa shape index (κ1) is 15.8. The largest absolute Gasteiger partial charge is 0.490 e. The summed E-state index contributed by atoms with van der Waals surface area (Å²) in [5, 5.41) is 0. The molecule has 0 atom stereocenters. The SMILES string of the molecule is C=CCOc1ccc(C(=O)N(C)Cc2cccc(F)c2)cc1. The van der Waals surface area contributed by atoms with Crippen LogP contribution in [0.25, 0.3) is 0 Å². The van der Waals surface area contributed by atoms with E-state index in [0.29, 0.717) is 24.5 Å². The molecule has 22 heavy (non-hydrogen) atoms. The van der Waals surface area contributed by atoms with E-state index in [0.717, 1.165) is 5.56 Å². The number of carbonyl (C=O) groups excluding carboxylic acids is 1. The van der Waals surface area contributed by atoms with E-state index in [2.05, 4.69) is 6.58 Å². The highest BCUT2D eigenvalue weighted by molar-refractivity contribution is 5.94. The van der Waals surface area contributed by atoms with Gasteiger partial charge in [0.2, 0.25) is 0 Å². The third kappa shape index (κ3) is 4.19. The molecule has 0 unspecified atom stereocenters. The average molecular weight is 299 g/mol. The number of hydrogen-bond donors (Lipinski definition) is 0. The van der Waals surface area contributed by atoms with E-state index in [1.807, 2.05) is 0 Å². The van der Waals surface area contributed by atoms with Crippen molar-refractivity contribution in [1.29, 1.82) is 0 Å². The molecule has 0 aliphatic heterocycles. The molecule has 3 nitrogen and oxygen atoms in total. The van der Waals surface area contributed by atoms with Gasteiger partial charge in [0, 0.05) is 19.2 Å². The first-order valence-corrected chi connectivity index (χ1v) is 6.94. The van der Waals surface area contributed by atoms with Gasteiger partial charge >= 0.3 is 0 Å². The Bertz CT molecular complexity index is 652. The predicted molar refractivity (Wildman–Crippen MR) is 84.3 cm³/mol. The second kappa shape index (κ2) is 7.41. The molecule has 0 N–H and O–H groups in total. The van der Waals surface area contributed by atoms with E-state index in [9.17, 15) is 9.18 Å². The van der Waals surface area contributed by atoms with E-state index in [-0.39, 0.29) is 11.7 Å². The molecular formula is C18H18FNO2. The summed E-state index contributed by atoms with van der Waals surface area (Å²) in [6.07, 6.45) is 1.66. The van der Waals surface area contributed by atoms with Gasteiger partial charge < -0.3 is 9.64 Å². The zero-order valence-electron chi connectivity index (χ0n) is 12.5. The summed E-state index contributed by atoms with van der Waals surface area (Å²) in [6, 6.07) is 13.1. The third-order valence-corrected chi connectivity index (χ3v) is 3.12. The van der Waals surface area contributed by atoms with Crippen LogP contribution < -0.4 is 4.74 Å². The number of hydrogen-bond acceptors (Lipinski definition) is 2. The summed E-state index contributed by atoms with van der Waals surface area (Å²) in [6.45, 7) is 4.35. The lowest BCUT2D eigenvalue weighted by Gasteiger charge is -2.17. The lowest BCUT2D eigenvalue weighted by molar-refractivity contribution is 0.0785. The van der Waals surface area contributed by atoms with Gasteiger partial charge in [-0.3, -0.25) is 4.79 Å². The van der Waals surface area contributed by atoms with Crippen LogP contribution in [0.3, 0.4) is 0 Å². The molecule has 2 aromatic carbocycles. The van der Waals surface area contributed by atoms with E-state index >= 15 is 0 Å². The molecule has 1 amide bonds. The number of amides is 1. The number of ether oxygens (including phenoxy) is 1. The molecule has 0 radical (unpaired) electrons. The third-order valence-electron chi connectivity index (χ3n) is 3.12. The normalized spacial score (nSPS) is 10.1. The molecule has 4 heteroatoms. The van der Waals surface area contributed by atoms with Crippen LogP contribution in [0.5, 0.6) is 5.75 Å². The zero-order chi connectivity index (χ0) is 15.9. The molecule has 2 aromatic rings. The Morgan fingerprint density at radius 1 is 1.27 bits per heavy atom. The van der Waals surface area contributed by atoms with Gasteiger partial charge in [-0.1, -0.05) is 24.8 Å². The molecule has 0 aromatic heterocycles. The van der Waals surface area contributed by atoms with Gasteiger partial charge in [-0.25, -0.2) is 4.39 Å². The molecule has 0 aliphatic rings. The van der Waals surface area contributed by atoms with E-state index in [4.69, 9.17) is 4.74 Å². The fourth-order valence-electron chi connectivity index (χ4n) is 2.05. The number of halogens is 1. The van der Waals surface area contributed by atoms with Crippen LogP contribution in [0.4, 0.5) is 4.39 Å². The second-order valence-electron chi connectivity index (χ2n) is 4.92. The van der Waals surface area contributed by atoms with Crippen molar-refractivity contribution in [2.45, 2.75) is 6.54 Å². The van der Waals surface area contributed by atoms with Crippen molar-refractivity contribution in [3.63, 3.8) is 0 Å². The smallest absolute Gasteiger partial charge is 0.253 e. The standard InChI is InChI=1S/C18H18FNO2/c1-3-11-22-17-9-7-15(8-10-17)18(21)20(2)13-14-5-4-6-16(19)12-14/h3-10,12H,1,11,13H2,2H3. The Labute approximate surface area is 129 Å². The maximum atomic E-state index is 13.2. The Kier molecular flexibility index (Phi) is 5.31. The molecule has 0 aliphatic carbocycles. The van der Waals surface area contributed by atoms with Crippen LogP contribution in [0.1, 0.15) is 15.9 Å². The monoisotopic (exact) mass is 299 g/mol. The summed E-state index contributed by atoms with van der Waals surface area (Å²) in [4.78, 5) is 13.9. The maximum absolute atomic E-state index is 13.2. The molecular weight excluding hydrogens is 281 g/mol. The maximum Gasteiger partial charge on any atom is 0.253 e. The van der Waals surface area contributed by atoms with Gasteiger partial charge in [0.25, 0.3) is 5.91 Å². The predicted octanol–water partition coefficient (Wildman–Crippen LogP) is 3.66. The summed E-state index contributed by atoms with van der Waals surface area (Å²) < 4.78 is 18.5. The van der Waals surface area contributed by atoms with E-state index in [1.54, 1.807) is 54.4 Å². The van der Waals surface area contributed by atoms with Crippen molar-refractivity contribution in [2.24, 2.45) is 0 Å². The number of carbonyl (C=O) groups is 1. The van der Waals surface area contributed by atoms with Crippen molar-refractivity contribution in [3.05, 3.63) is 78.1 Å². The van der Waals surface area contributed by atoms with E-state index < -0.39 is 0 Å². The van der Waals surface area contributed by atoms with Crippen molar-refractivity contribution in [1.82, 2.24) is 4.90 Å². The topological polar surface area (TPSA) is 29.5 Å². The van der Waals surface area contributed by atoms with Gasteiger partial charge in [0.05, 0.1) is 0 Å². The highest BCUT2D eigenvalue weighted by atomic mass is 19.1. The molecule has 0 spiro atoms. The minimum Gasteiger partial charge on any atom is -0.490 e. The summed E-state index contributed by atoms with van der Waals surface area (Å²) in [5.74, 6) is 0.255. The quantitative estimate of drug-likeness (QED) is 0.762. The zero-order valence-corrected chi connectivity index (χ0v) is 12.5. The summed E-state index contributed by atoms with van der Waals surface area (Å²) in [5.41, 5.74) is 1.31. The molecule has 0 saturated heterocycles. The Morgan fingerprint density at radius 3 is 2.64 bits per heavy atom. The van der Waals surface area contributed by atoms with Crippen molar-refractivity contribution in [2.75, 3.05) is 13.7 Å². The highest BCUT2D eigenvalue weighted by Gasteiger charge is 2.12. The van der Waals surface area contributed by atoms with Crippen LogP contribution in [0.15, 0.2) is 61.2 Å². The summed E-state index contributed by atoms with van der Waals surface area (Å²) >= 11 is 0. The minimum atomic E-state index is -0.304. The van der Waals surface area contributed by atoms with Gasteiger partial charge in [-0.05, 0) is 42.0 Å². The van der Waals surface area contributed by atoms with Crippen LogP contribution >= 0.6 is 0 Å². The highest BCUT2D eigenvalue weighted by Crippen LogP contribution is 2.15. The average Bonchev–Trinajstić information content (AvgIpc) is 2.52. The molecule has 114 valence electrons. The van der Waals surface area contributed by atoms with E-state index in [1.165, 1.54) is 12.1 Å². The van der Waals surface area contributed by atoms with Crippen LogP contribution in [-0.2, 0) is 6.54 Å². The molecule has 0 heterocycles. The Balaban J connectivity index is 2.02. The second-order valence-corrected chi connectivity index (χ2v) is 4.92. The first-order valence-electron chi connectivity index (χ1n) is 6.94. The van der Waals surface area contributed by atoms with Crippen molar-refractivity contribution >= 4 is 5.91 Å². The van der Waals surface area contributed by atoms with Gasteiger partial charge in [-0.15, -0.1) is 0 Å². The Morgan fingerprint density at radius 2 is 2.00 bits per heavy atom. The van der Waals surface area contributed by atoms with Gasteiger partial charge in [0.1, 0.15) is 18.2 Å². The number of benzene rings is 2. The number of nitrogens with zero attached hydrogens (tertiary/aromatic N) is 1.